The molecular formula is C12H16N2O. The molecule has 0 saturated carbocycles. The molecule has 3 heteroatoms. The van der Waals surface area contributed by atoms with Crippen molar-refractivity contribution in [1.82, 2.24) is 5.01 Å². The summed E-state index contributed by atoms with van der Waals surface area (Å²) in [7, 11) is 3.70. The quantitative estimate of drug-likeness (QED) is 0.739. The van der Waals surface area contributed by atoms with Crippen LogP contribution in [0.1, 0.15) is 24.9 Å². The van der Waals surface area contributed by atoms with E-state index in [-0.39, 0.29) is 0 Å². The van der Waals surface area contributed by atoms with Crippen molar-refractivity contribution in [2.75, 3.05) is 14.2 Å². The molecule has 1 heterocycles. The molecule has 2 rings (SSSR count). The Morgan fingerprint density at radius 3 is 2.47 bits per heavy atom. The molecule has 3 nitrogen and oxygen atoms in total. The fraction of sp³-hybridized carbons (Fsp3) is 0.417. The number of benzene rings is 1. The van der Waals surface area contributed by atoms with E-state index < -0.39 is 0 Å². The Morgan fingerprint density at radius 2 is 2.00 bits per heavy atom. The van der Waals surface area contributed by atoms with Gasteiger partial charge in [-0.05, 0) is 24.6 Å². The predicted octanol–water partition coefficient (Wildman–Crippen LogP) is 2.45. The van der Waals surface area contributed by atoms with Crippen LogP contribution < -0.4 is 4.74 Å². The lowest BCUT2D eigenvalue weighted by molar-refractivity contribution is 0.289. The zero-order valence-corrected chi connectivity index (χ0v) is 9.40. The first-order valence-corrected chi connectivity index (χ1v) is 5.11. The molecule has 1 aliphatic rings. The lowest BCUT2D eigenvalue weighted by Crippen LogP contribution is -2.13. The van der Waals surface area contributed by atoms with Crippen molar-refractivity contribution in [3.8, 4) is 5.75 Å². The summed E-state index contributed by atoms with van der Waals surface area (Å²) in [5.41, 5.74) is 2.48. The average Bonchev–Trinajstić information content (AvgIpc) is 2.58. The fourth-order valence-electron chi connectivity index (χ4n) is 1.95. The minimum Gasteiger partial charge on any atom is -0.497 e. The molecule has 0 saturated heterocycles. The van der Waals surface area contributed by atoms with Crippen molar-refractivity contribution in [3.63, 3.8) is 0 Å². The molecule has 0 bridgehead atoms. The number of hydrazone groups is 1. The van der Waals surface area contributed by atoms with Crippen LogP contribution in [0.2, 0.25) is 0 Å². The van der Waals surface area contributed by atoms with Gasteiger partial charge in [0.05, 0.1) is 13.2 Å². The number of ether oxygens (including phenoxy) is 1. The normalized spacial score (nSPS) is 20.3. The zero-order valence-electron chi connectivity index (χ0n) is 9.40. The van der Waals surface area contributed by atoms with Crippen molar-refractivity contribution >= 4 is 5.71 Å². The van der Waals surface area contributed by atoms with Gasteiger partial charge in [0.1, 0.15) is 5.75 Å². The third-order valence-electron chi connectivity index (χ3n) is 2.77. The van der Waals surface area contributed by atoms with Gasteiger partial charge >= 0.3 is 0 Å². The molecule has 1 aromatic carbocycles. The number of hydrogen-bond donors (Lipinski definition) is 0. The monoisotopic (exact) mass is 204 g/mol. The molecule has 0 N–H and O–H groups in total. The van der Waals surface area contributed by atoms with E-state index >= 15 is 0 Å². The molecule has 0 aliphatic carbocycles. The van der Waals surface area contributed by atoms with Crippen LogP contribution in [0.4, 0.5) is 0 Å². The van der Waals surface area contributed by atoms with Crippen molar-refractivity contribution in [2.45, 2.75) is 19.4 Å². The number of rotatable bonds is 2. The smallest absolute Gasteiger partial charge is 0.118 e. The summed E-state index contributed by atoms with van der Waals surface area (Å²) in [5.74, 6) is 0.900. The van der Waals surface area contributed by atoms with Gasteiger partial charge in [-0.15, -0.1) is 0 Å². The highest BCUT2D eigenvalue weighted by Gasteiger charge is 2.22. The molecule has 15 heavy (non-hydrogen) atoms. The summed E-state index contributed by atoms with van der Waals surface area (Å²) in [4.78, 5) is 0. The van der Waals surface area contributed by atoms with Crippen molar-refractivity contribution in [2.24, 2.45) is 5.10 Å². The first-order valence-electron chi connectivity index (χ1n) is 5.11. The van der Waals surface area contributed by atoms with E-state index in [0.29, 0.717) is 6.04 Å². The zero-order chi connectivity index (χ0) is 10.8. The lowest BCUT2D eigenvalue weighted by Gasteiger charge is -2.19. The number of methoxy groups -OCH3 is 1. The van der Waals surface area contributed by atoms with Crippen LogP contribution in [-0.4, -0.2) is 24.9 Å². The van der Waals surface area contributed by atoms with Crippen LogP contribution in [0.15, 0.2) is 29.4 Å². The van der Waals surface area contributed by atoms with E-state index in [1.54, 1.807) is 7.11 Å². The Hall–Kier alpha value is -1.51. The first-order chi connectivity index (χ1) is 7.20. The topological polar surface area (TPSA) is 24.8 Å². The molecule has 0 aromatic heterocycles. The third kappa shape index (κ3) is 1.96. The van der Waals surface area contributed by atoms with Crippen LogP contribution in [0.5, 0.6) is 5.75 Å². The van der Waals surface area contributed by atoms with Crippen LogP contribution >= 0.6 is 0 Å². The maximum Gasteiger partial charge on any atom is 0.118 e. The molecular weight excluding hydrogens is 188 g/mol. The minimum atomic E-state index is 0.385. The number of hydrogen-bond acceptors (Lipinski definition) is 3. The van der Waals surface area contributed by atoms with E-state index in [4.69, 9.17) is 4.74 Å². The van der Waals surface area contributed by atoms with Gasteiger partial charge in [-0.3, -0.25) is 5.01 Å². The second-order valence-corrected chi connectivity index (χ2v) is 3.90. The predicted molar refractivity (Wildman–Crippen MR) is 61.2 cm³/mol. The molecule has 0 radical (unpaired) electrons. The molecule has 0 fully saturated rings. The Bertz CT molecular complexity index is 370. The summed E-state index contributed by atoms with van der Waals surface area (Å²) >= 11 is 0. The Morgan fingerprint density at radius 1 is 1.33 bits per heavy atom. The molecule has 1 unspecified atom stereocenters. The van der Waals surface area contributed by atoms with Crippen LogP contribution in [0, 0.1) is 0 Å². The standard InChI is InChI=1S/C12H16N2O/c1-9-8-12(14(2)13-9)10-4-6-11(15-3)7-5-10/h4-7,12H,8H2,1-3H3. The largest absolute Gasteiger partial charge is 0.497 e. The Balaban J connectivity index is 2.17. The highest BCUT2D eigenvalue weighted by Crippen LogP contribution is 2.29. The fourth-order valence-corrected chi connectivity index (χ4v) is 1.95. The van der Waals surface area contributed by atoms with Crippen LogP contribution in [0.3, 0.4) is 0 Å². The van der Waals surface area contributed by atoms with Crippen molar-refractivity contribution in [1.29, 1.82) is 0 Å². The second kappa shape index (κ2) is 3.93. The lowest BCUT2D eigenvalue weighted by atomic mass is 10.0. The van der Waals surface area contributed by atoms with Crippen LogP contribution in [0.25, 0.3) is 0 Å². The maximum atomic E-state index is 5.14. The summed E-state index contributed by atoms with van der Waals surface area (Å²) in [6.07, 6.45) is 1.02. The maximum absolute atomic E-state index is 5.14. The van der Waals surface area contributed by atoms with Gasteiger partial charge in [0.2, 0.25) is 0 Å². The van der Waals surface area contributed by atoms with E-state index in [0.717, 1.165) is 12.2 Å². The molecule has 0 amide bonds. The molecule has 1 aromatic rings. The van der Waals surface area contributed by atoms with Crippen LogP contribution in [-0.2, 0) is 0 Å². The highest BCUT2D eigenvalue weighted by atomic mass is 16.5. The average molecular weight is 204 g/mol. The molecule has 80 valence electrons. The summed E-state index contributed by atoms with van der Waals surface area (Å²) in [6, 6.07) is 8.59. The van der Waals surface area contributed by atoms with E-state index in [9.17, 15) is 0 Å². The number of nitrogens with zero attached hydrogens (tertiary/aromatic N) is 2. The van der Waals surface area contributed by atoms with Crippen molar-refractivity contribution < 1.29 is 4.74 Å². The Labute approximate surface area is 90.4 Å². The van der Waals surface area contributed by atoms with E-state index in [1.807, 2.05) is 24.2 Å². The SMILES string of the molecule is COc1ccc(C2CC(C)=NN2C)cc1. The van der Waals surface area contributed by atoms with E-state index in [1.165, 1.54) is 11.3 Å². The van der Waals surface area contributed by atoms with Crippen molar-refractivity contribution in [3.05, 3.63) is 29.8 Å². The Kier molecular flexibility index (Phi) is 2.62. The van der Waals surface area contributed by atoms with Gasteiger partial charge < -0.3 is 4.74 Å². The molecule has 1 aliphatic heterocycles. The molecule has 1 atom stereocenters. The second-order valence-electron chi connectivity index (χ2n) is 3.90. The van der Waals surface area contributed by atoms with Gasteiger partial charge in [0.15, 0.2) is 0 Å². The van der Waals surface area contributed by atoms with Gasteiger partial charge in [-0.25, -0.2) is 0 Å². The van der Waals surface area contributed by atoms with Gasteiger partial charge in [0, 0.05) is 19.2 Å². The van der Waals surface area contributed by atoms with Gasteiger partial charge in [-0.1, -0.05) is 12.1 Å². The first kappa shape index (κ1) is 10.0. The summed E-state index contributed by atoms with van der Waals surface area (Å²) in [5, 5.41) is 6.43. The highest BCUT2D eigenvalue weighted by molar-refractivity contribution is 5.83. The van der Waals surface area contributed by atoms with E-state index in [2.05, 4.69) is 24.2 Å². The molecule has 0 spiro atoms. The third-order valence-corrected chi connectivity index (χ3v) is 2.77. The van der Waals surface area contributed by atoms with Gasteiger partial charge in [-0.2, -0.15) is 5.10 Å². The summed E-state index contributed by atoms with van der Waals surface area (Å²) in [6.45, 7) is 2.07. The summed E-state index contributed by atoms with van der Waals surface area (Å²) < 4.78 is 5.14. The van der Waals surface area contributed by atoms with Gasteiger partial charge in [0.25, 0.3) is 0 Å². The minimum absolute atomic E-state index is 0.385.